The molecule has 0 fully saturated rings. The second-order valence-corrected chi connectivity index (χ2v) is 5.76. The summed E-state index contributed by atoms with van der Waals surface area (Å²) in [6.45, 7) is 1.69. The molecule has 0 aliphatic rings. The third kappa shape index (κ3) is 4.84. The highest BCUT2D eigenvalue weighted by molar-refractivity contribution is 6.39. The highest BCUT2D eigenvalue weighted by Gasteiger charge is 2.28. The van der Waals surface area contributed by atoms with E-state index >= 15 is 0 Å². The summed E-state index contributed by atoms with van der Waals surface area (Å²) >= 11 is 0. The molecule has 2 amide bonds. The lowest BCUT2D eigenvalue weighted by atomic mass is 10.1. The molecule has 0 saturated heterocycles. The van der Waals surface area contributed by atoms with E-state index in [1.54, 1.807) is 55.6 Å². The number of anilines is 1. The molecule has 7 heteroatoms. The Labute approximate surface area is 157 Å². The molecule has 142 valence electrons. The Bertz CT molecular complexity index is 804. The zero-order valence-electron chi connectivity index (χ0n) is 15.5. The van der Waals surface area contributed by atoms with Gasteiger partial charge >= 0.3 is 0 Å². The molecule has 2 rings (SSSR count). The molecule has 0 aromatic heterocycles. The summed E-state index contributed by atoms with van der Waals surface area (Å²) in [7, 11) is 3.03. The van der Waals surface area contributed by atoms with Crippen LogP contribution in [-0.4, -0.2) is 38.4 Å². The van der Waals surface area contributed by atoms with E-state index in [9.17, 15) is 14.4 Å². The van der Waals surface area contributed by atoms with Crippen LogP contribution < -0.4 is 19.7 Å². The standard InChI is InChI=1S/C20H22N2O5/c1-14(22(13-23)17-6-4-5-7-18(17)27-3)19(24)20(25)21-12-15-8-10-16(26-2)11-9-15/h4-11,13-14H,12H2,1-3H3,(H,21,25). The minimum Gasteiger partial charge on any atom is -0.497 e. The topological polar surface area (TPSA) is 84.9 Å². The maximum absolute atomic E-state index is 12.5. The van der Waals surface area contributed by atoms with E-state index in [4.69, 9.17) is 9.47 Å². The van der Waals surface area contributed by atoms with Crippen molar-refractivity contribution in [3.8, 4) is 11.5 Å². The minimum atomic E-state index is -0.977. The van der Waals surface area contributed by atoms with E-state index in [0.717, 1.165) is 5.56 Å². The molecule has 27 heavy (non-hydrogen) atoms. The maximum Gasteiger partial charge on any atom is 0.289 e. The second kappa shape index (κ2) is 9.38. The van der Waals surface area contributed by atoms with Crippen LogP contribution >= 0.6 is 0 Å². The molecule has 1 atom stereocenters. The van der Waals surface area contributed by atoms with Gasteiger partial charge in [0, 0.05) is 6.54 Å². The van der Waals surface area contributed by atoms with Crippen LogP contribution in [0.15, 0.2) is 48.5 Å². The number of hydrogen-bond donors (Lipinski definition) is 1. The van der Waals surface area contributed by atoms with Crippen LogP contribution in [0.5, 0.6) is 11.5 Å². The number of nitrogens with one attached hydrogen (secondary N) is 1. The number of carbonyl (C=O) groups excluding carboxylic acids is 3. The average molecular weight is 370 g/mol. The number of benzene rings is 2. The fraction of sp³-hybridized carbons (Fsp3) is 0.250. The number of methoxy groups -OCH3 is 2. The molecule has 0 heterocycles. The molecule has 0 aliphatic heterocycles. The summed E-state index contributed by atoms with van der Waals surface area (Å²) in [5.74, 6) is -0.349. The summed E-state index contributed by atoms with van der Waals surface area (Å²) in [4.78, 5) is 37.4. The monoisotopic (exact) mass is 370 g/mol. The van der Waals surface area contributed by atoms with Gasteiger partial charge in [-0.25, -0.2) is 0 Å². The zero-order valence-corrected chi connectivity index (χ0v) is 15.5. The first kappa shape index (κ1) is 20.0. The number of hydrogen-bond acceptors (Lipinski definition) is 5. The van der Waals surface area contributed by atoms with Crippen molar-refractivity contribution in [3.63, 3.8) is 0 Å². The van der Waals surface area contributed by atoms with Gasteiger partial charge in [0.05, 0.1) is 19.9 Å². The van der Waals surface area contributed by atoms with Crippen molar-refractivity contribution in [1.29, 1.82) is 0 Å². The van der Waals surface area contributed by atoms with Gasteiger partial charge in [-0.2, -0.15) is 0 Å². The summed E-state index contributed by atoms with van der Waals surface area (Å²) in [5.41, 5.74) is 1.24. The van der Waals surface area contributed by atoms with E-state index < -0.39 is 17.7 Å². The van der Waals surface area contributed by atoms with Crippen molar-refractivity contribution in [3.05, 3.63) is 54.1 Å². The lowest BCUT2D eigenvalue weighted by molar-refractivity contribution is -0.138. The highest BCUT2D eigenvalue weighted by atomic mass is 16.5. The Morgan fingerprint density at radius 2 is 1.74 bits per heavy atom. The van der Waals surface area contributed by atoms with Gasteiger partial charge in [0.15, 0.2) is 0 Å². The van der Waals surface area contributed by atoms with E-state index in [2.05, 4.69) is 5.32 Å². The van der Waals surface area contributed by atoms with Crippen molar-refractivity contribution < 1.29 is 23.9 Å². The van der Waals surface area contributed by atoms with Crippen molar-refractivity contribution in [2.24, 2.45) is 0 Å². The Balaban J connectivity index is 2.05. The van der Waals surface area contributed by atoms with Gasteiger partial charge in [-0.1, -0.05) is 24.3 Å². The van der Waals surface area contributed by atoms with Crippen LogP contribution in [0, 0.1) is 0 Å². The molecule has 2 aromatic carbocycles. The van der Waals surface area contributed by atoms with E-state index in [1.807, 2.05) is 0 Å². The van der Waals surface area contributed by atoms with Crippen LogP contribution in [0.25, 0.3) is 0 Å². The summed E-state index contributed by atoms with van der Waals surface area (Å²) < 4.78 is 10.3. The third-order valence-corrected chi connectivity index (χ3v) is 4.11. The van der Waals surface area contributed by atoms with Crippen LogP contribution in [0.2, 0.25) is 0 Å². The van der Waals surface area contributed by atoms with Crippen molar-refractivity contribution in [1.82, 2.24) is 5.32 Å². The van der Waals surface area contributed by atoms with Gasteiger partial charge < -0.3 is 19.7 Å². The van der Waals surface area contributed by atoms with Crippen molar-refractivity contribution in [2.75, 3.05) is 19.1 Å². The first-order valence-electron chi connectivity index (χ1n) is 8.33. The number of nitrogens with zero attached hydrogens (tertiary/aromatic N) is 1. The summed E-state index contributed by atoms with van der Waals surface area (Å²) in [6.07, 6.45) is 0.511. The number of carbonyl (C=O) groups is 3. The van der Waals surface area contributed by atoms with E-state index in [1.165, 1.54) is 18.9 Å². The van der Waals surface area contributed by atoms with E-state index in [-0.39, 0.29) is 6.54 Å². The minimum absolute atomic E-state index is 0.192. The number of ketones is 1. The van der Waals surface area contributed by atoms with Crippen molar-refractivity contribution in [2.45, 2.75) is 19.5 Å². The molecule has 2 aromatic rings. The molecule has 0 aliphatic carbocycles. The van der Waals surface area contributed by atoms with Crippen LogP contribution in [0.1, 0.15) is 12.5 Å². The van der Waals surface area contributed by atoms with Crippen molar-refractivity contribution >= 4 is 23.8 Å². The van der Waals surface area contributed by atoms with Gasteiger partial charge in [-0.15, -0.1) is 0 Å². The molecule has 0 bridgehead atoms. The first-order valence-corrected chi connectivity index (χ1v) is 8.33. The van der Waals surface area contributed by atoms with Crippen LogP contribution in [-0.2, 0) is 20.9 Å². The predicted molar refractivity (Wildman–Crippen MR) is 101 cm³/mol. The molecule has 0 radical (unpaired) electrons. The van der Waals surface area contributed by atoms with Crippen LogP contribution in [0.3, 0.4) is 0 Å². The Hall–Kier alpha value is -3.35. The molecule has 1 unspecified atom stereocenters. The SMILES string of the molecule is COc1ccc(CNC(=O)C(=O)C(C)N(C=O)c2ccccc2OC)cc1. The number of para-hydroxylation sites is 2. The Morgan fingerprint density at radius 3 is 2.33 bits per heavy atom. The second-order valence-electron chi connectivity index (χ2n) is 5.76. The van der Waals surface area contributed by atoms with Gasteiger partial charge in [0.25, 0.3) is 5.91 Å². The lowest BCUT2D eigenvalue weighted by Gasteiger charge is -2.25. The van der Waals surface area contributed by atoms with E-state index in [0.29, 0.717) is 23.6 Å². The molecular formula is C20H22N2O5. The largest absolute Gasteiger partial charge is 0.497 e. The number of Topliss-reactive ketones (excluding diaryl/α,β-unsaturated/α-hetero) is 1. The van der Waals surface area contributed by atoms with Gasteiger partial charge in [0.2, 0.25) is 12.2 Å². The Kier molecular flexibility index (Phi) is 6.93. The third-order valence-electron chi connectivity index (χ3n) is 4.11. The molecule has 0 spiro atoms. The quantitative estimate of drug-likeness (QED) is 0.539. The van der Waals surface area contributed by atoms with Gasteiger partial charge in [-0.3, -0.25) is 14.4 Å². The van der Waals surface area contributed by atoms with Gasteiger partial charge in [0.1, 0.15) is 17.5 Å². The summed E-state index contributed by atoms with van der Waals surface area (Å²) in [5, 5.41) is 2.57. The number of ether oxygens (including phenoxy) is 2. The average Bonchev–Trinajstić information content (AvgIpc) is 2.72. The Morgan fingerprint density at radius 1 is 1.07 bits per heavy atom. The normalized spacial score (nSPS) is 11.2. The fourth-order valence-electron chi connectivity index (χ4n) is 2.53. The molecule has 7 nitrogen and oxygen atoms in total. The lowest BCUT2D eigenvalue weighted by Crippen LogP contribution is -2.45. The molecule has 1 N–H and O–H groups in total. The molecular weight excluding hydrogens is 348 g/mol. The number of amides is 2. The number of rotatable bonds is 9. The smallest absolute Gasteiger partial charge is 0.289 e. The molecule has 0 saturated carbocycles. The summed E-state index contributed by atoms with van der Waals surface area (Å²) in [6, 6.07) is 12.9. The van der Waals surface area contributed by atoms with Crippen LogP contribution in [0.4, 0.5) is 5.69 Å². The fourth-order valence-corrected chi connectivity index (χ4v) is 2.53. The highest BCUT2D eigenvalue weighted by Crippen LogP contribution is 2.28. The first-order chi connectivity index (χ1) is 13.0. The zero-order chi connectivity index (χ0) is 19.8. The predicted octanol–water partition coefficient (Wildman–Crippen LogP) is 1.94. The van der Waals surface area contributed by atoms with Gasteiger partial charge in [-0.05, 0) is 36.8 Å². The maximum atomic E-state index is 12.5.